The third kappa shape index (κ3) is 5.42. The molecule has 0 heterocycles. The van der Waals surface area contributed by atoms with Gasteiger partial charge in [0, 0.05) is 16.3 Å². The van der Waals surface area contributed by atoms with E-state index in [1.807, 2.05) is 13.8 Å². The van der Waals surface area contributed by atoms with Gasteiger partial charge >= 0.3 is 0 Å². The lowest BCUT2D eigenvalue weighted by Crippen LogP contribution is -2.34. The Morgan fingerprint density at radius 1 is 1.29 bits per heavy atom. The molecule has 24 heavy (non-hydrogen) atoms. The van der Waals surface area contributed by atoms with Crippen LogP contribution in [0.4, 0.5) is 8.78 Å². The van der Waals surface area contributed by atoms with Crippen LogP contribution in [0.25, 0.3) is 0 Å². The summed E-state index contributed by atoms with van der Waals surface area (Å²) in [6.07, 6.45) is 6.59. The third-order valence-corrected chi connectivity index (χ3v) is 3.32. The minimum Gasteiger partial charge on any atom is -0.305 e. The smallest absolute Gasteiger partial charge is 0.272 e. The predicted molar refractivity (Wildman–Crippen MR) is 92.2 cm³/mol. The van der Waals surface area contributed by atoms with Crippen LogP contribution in [0, 0.1) is 11.6 Å². The zero-order chi connectivity index (χ0) is 18.1. The van der Waals surface area contributed by atoms with Crippen LogP contribution >= 0.6 is 15.9 Å². The van der Waals surface area contributed by atoms with Gasteiger partial charge in [-0.1, -0.05) is 48.0 Å². The molecule has 1 aromatic carbocycles. The number of halogens is 3. The van der Waals surface area contributed by atoms with Crippen molar-refractivity contribution in [1.82, 2.24) is 10.9 Å². The Labute approximate surface area is 147 Å². The van der Waals surface area contributed by atoms with Crippen LogP contribution in [0.2, 0.25) is 0 Å². The van der Waals surface area contributed by atoms with Crippen molar-refractivity contribution in [3.8, 4) is 0 Å². The molecule has 2 rings (SSSR count). The lowest BCUT2D eigenvalue weighted by molar-refractivity contribution is -0.111. The van der Waals surface area contributed by atoms with Crippen LogP contribution < -0.4 is 10.9 Å². The number of hydrazine groups is 1. The average Bonchev–Trinajstić information content (AvgIpc) is 2.72. The van der Waals surface area contributed by atoms with E-state index in [0.717, 1.165) is 12.1 Å². The van der Waals surface area contributed by atoms with Crippen molar-refractivity contribution < 1.29 is 18.4 Å². The Morgan fingerprint density at radius 2 is 2.00 bits per heavy atom. The number of allylic oxidation sites excluding steroid dienone is 5. The maximum Gasteiger partial charge on any atom is 0.272 e. The Balaban J connectivity index is 0.00000139. The Kier molecular flexibility index (Phi) is 8.05. The molecule has 0 radical (unpaired) electrons. The van der Waals surface area contributed by atoms with E-state index >= 15 is 0 Å². The summed E-state index contributed by atoms with van der Waals surface area (Å²) in [5, 5.41) is 0. The molecule has 0 saturated heterocycles. The minimum absolute atomic E-state index is 0.226. The minimum atomic E-state index is -1.23. The molecule has 0 atom stereocenters. The molecule has 0 aliphatic heterocycles. The first-order chi connectivity index (χ1) is 11.5. The highest BCUT2D eigenvalue weighted by Gasteiger charge is 2.14. The second kappa shape index (κ2) is 9.77. The summed E-state index contributed by atoms with van der Waals surface area (Å²) in [4.78, 5) is 23.5. The van der Waals surface area contributed by atoms with E-state index in [4.69, 9.17) is 0 Å². The van der Waals surface area contributed by atoms with E-state index in [1.54, 1.807) is 12.2 Å². The van der Waals surface area contributed by atoms with Gasteiger partial charge in [0.15, 0.2) is 17.4 Å². The second-order valence-electron chi connectivity index (χ2n) is 4.37. The number of benzene rings is 1. The summed E-state index contributed by atoms with van der Waals surface area (Å²) in [5.74, 6) is -3.40. The number of hydrogen-bond donors (Lipinski definition) is 2. The van der Waals surface area contributed by atoms with E-state index in [1.165, 1.54) is 18.3 Å². The number of rotatable bonds is 3. The quantitative estimate of drug-likeness (QED) is 0.599. The van der Waals surface area contributed by atoms with Crippen molar-refractivity contribution in [3.63, 3.8) is 0 Å². The fourth-order valence-corrected chi connectivity index (χ4v) is 2.13. The van der Waals surface area contributed by atoms with E-state index in [9.17, 15) is 18.4 Å². The van der Waals surface area contributed by atoms with Crippen LogP contribution in [-0.2, 0) is 4.79 Å². The molecule has 1 aromatic rings. The first kappa shape index (κ1) is 19.8. The number of hydrogen-bond acceptors (Lipinski definition) is 3. The largest absolute Gasteiger partial charge is 0.305 e. The van der Waals surface area contributed by atoms with Crippen molar-refractivity contribution in [1.29, 1.82) is 0 Å². The highest BCUT2D eigenvalue weighted by molar-refractivity contribution is 9.11. The Bertz CT molecular complexity index is 713. The number of carbonyl (C=O) groups excluding carboxylic acids is 2. The SMILES string of the molecule is CC.O=C1C=C(Br)C=CC/C1=C\NNC(=O)c1cccc(F)c1F. The normalized spacial score (nSPS) is 15.1. The number of amides is 1. The van der Waals surface area contributed by atoms with E-state index < -0.39 is 23.1 Å². The molecular formula is C17H17BrF2N2O2. The predicted octanol–water partition coefficient (Wildman–Crippen LogP) is 3.92. The van der Waals surface area contributed by atoms with Gasteiger partial charge in [0.05, 0.1) is 5.56 Å². The van der Waals surface area contributed by atoms with E-state index in [2.05, 4.69) is 26.8 Å². The average molecular weight is 399 g/mol. The zero-order valence-electron chi connectivity index (χ0n) is 13.2. The molecule has 128 valence electrons. The number of nitrogens with one attached hydrogen (secondary N) is 2. The van der Waals surface area contributed by atoms with Gasteiger partial charge in [-0.3, -0.25) is 15.0 Å². The molecule has 0 saturated carbocycles. The van der Waals surface area contributed by atoms with Crippen LogP contribution in [-0.4, -0.2) is 11.7 Å². The summed E-state index contributed by atoms with van der Waals surface area (Å²) >= 11 is 3.20. The van der Waals surface area contributed by atoms with Crippen molar-refractivity contribution >= 4 is 27.6 Å². The lowest BCUT2D eigenvalue weighted by Gasteiger charge is -2.07. The molecule has 2 N–H and O–H groups in total. The topological polar surface area (TPSA) is 58.2 Å². The molecule has 4 nitrogen and oxygen atoms in total. The molecule has 7 heteroatoms. The summed E-state index contributed by atoms with van der Waals surface area (Å²) < 4.78 is 27.1. The molecule has 0 bridgehead atoms. The molecule has 1 aliphatic rings. The highest BCUT2D eigenvalue weighted by Crippen LogP contribution is 2.16. The first-order valence-corrected chi connectivity index (χ1v) is 8.05. The van der Waals surface area contributed by atoms with Crippen LogP contribution in [0.1, 0.15) is 30.6 Å². The van der Waals surface area contributed by atoms with Crippen molar-refractivity contribution in [3.05, 3.63) is 69.9 Å². The molecular weight excluding hydrogens is 382 g/mol. The molecule has 0 unspecified atom stereocenters. The van der Waals surface area contributed by atoms with Gasteiger partial charge in [0.2, 0.25) is 0 Å². The van der Waals surface area contributed by atoms with E-state index in [0.29, 0.717) is 16.5 Å². The maximum atomic E-state index is 13.4. The maximum absolute atomic E-state index is 13.4. The van der Waals surface area contributed by atoms with Gasteiger partial charge < -0.3 is 5.43 Å². The van der Waals surface area contributed by atoms with Gasteiger partial charge in [0.25, 0.3) is 5.91 Å². The lowest BCUT2D eigenvalue weighted by atomic mass is 10.1. The third-order valence-electron chi connectivity index (χ3n) is 2.83. The van der Waals surface area contributed by atoms with Gasteiger partial charge in [-0.25, -0.2) is 8.78 Å². The highest BCUT2D eigenvalue weighted by atomic mass is 79.9. The molecule has 0 fully saturated rings. The molecule has 1 aliphatic carbocycles. The van der Waals surface area contributed by atoms with Crippen LogP contribution in [0.3, 0.4) is 0 Å². The van der Waals surface area contributed by atoms with Crippen molar-refractivity contribution in [2.45, 2.75) is 20.3 Å². The molecule has 0 spiro atoms. The summed E-state index contributed by atoms with van der Waals surface area (Å²) in [6.45, 7) is 4.00. The Morgan fingerprint density at radius 3 is 2.71 bits per heavy atom. The van der Waals surface area contributed by atoms with Crippen molar-refractivity contribution in [2.24, 2.45) is 0 Å². The van der Waals surface area contributed by atoms with Gasteiger partial charge in [0.1, 0.15) is 0 Å². The Hall–Kier alpha value is -2.28. The number of carbonyl (C=O) groups is 2. The van der Waals surface area contributed by atoms with Crippen molar-refractivity contribution in [2.75, 3.05) is 0 Å². The summed E-state index contributed by atoms with van der Waals surface area (Å²) in [5.41, 5.74) is 4.59. The molecule has 1 amide bonds. The molecule has 0 aromatic heterocycles. The second-order valence-corrected chi connectivity index (χ2v) is 5.29. The summed E-state index contributed by atoms with van der Waals surface area (Å²) in [7, 11) is 0. The fourth-order valence-electron chi connectivity index (χ4n) is 1.73. The zero-order valence-corrected chi connectivity index (χ0v) is 14.8. The van der Waals surface area contributed by atoms with Crippen LogP contribution in [0.5, 0.6) is 0 Å². The van der Waals surface area contributed by atoms with Crippen LogP contribution in [0.15, 0.2) is 52.7 Å². The standard InChI is InChI=1S/C15H11BrF2N2O2.C2H6/c16-10-4-1-3-9(13(21)7-10)8-19-20-15(22)11-5-2-6-12(17)14(11)18;1-2/h1-2,4-8,19H,3H2,(H,20,22);1-2H3/b9-8+;. The first-order valence-electron chi connectivity index (χ1n) is 7.26. The summed E-state index contributed by atoms with van der Waals surface area (Å²) in [6, 6.07) is 3.30. The fraction of sp³-hybridized carbons (Fsp3) is 0.176. The van der Waals surface area contributed by atoms with Gasteiger partial charge in [-0.15, -0.1) is 0 Å². The van der Waals surface area contributed by atoms with Gasteiger partial charge in [-0.05, 0) is 24.6 Å². The van der Waals surface area contributed by atoms with E-state index in [-0.39, 0.29) is 5.78 Å². The number of ketones is 1. The monoisotopic (exact) mass is 398 g/mol. The van der Waals surface area contributed by atoms with Gasteiger partial charge in [-0.2, -0.15) is 0 Å².